The highest BCUT2D eigenvalue weighted by molar-refractivity contribution is 5.54. The number of nitrogens with one attached hydrogen (secondary N) is 1. The molecule has 0 bridgehead atoms. The van der Waals surface area contributed by atoms with Crippen molar-refractivity contribution in [1.29, 1.82) is 5.26 Å². The summed E-state index contributed by atoms with van der Waals surface area (Å²) in [6.45, 7) is -0.427. The fraction of sp³-hybridized carbons (Fsp3) is 0.250. The largest absolute Gasteiger partial charge is 0.496 e. The van der Waals surface area contributed by atoms with Gasteiger partial charge in [0.15, 0.2) is 0 Å². The van der Waals surface area contributed by atoms with Crippen LogP contribution in [0.1, 0.15) is 22.9 Å². The summed E-state index contributed by atoms with van der Waals surface area (Å²) in [6, 6.07) is 9.50. The Bertz CT molecular complexity index is 757. The second kappa shape index (κ2) is 7.19. The van der Waals surface area contributed by atoms with Gasteiger partial charge in [-0.1, -0.05) is 18.2 Å². The van der Waals surface area contributed by atoms with Crippen LogP contribution in [-0.2, 0) is 6.18 Å². The summed E-state index contributed by atoms with van der Waals surface area (Å²) >= 11 is 0. The lowest BCUT2D eigenvalue weighted by atomic mass is 10.1. The molecule has 0 unspecified atom stereocenters. The van der Waals surface area contributed by atoms with Crippen molar-refractivity contribution in [3.05, 3.63) is 53.2 Å². The molecule has 1 aromatic heterocycles. The molecule has 0 saturated heterocycles. The molecule has 0 amide bonds. The van der Waals surface area contributed by atoms with Gasteiger partial charge >= 0.3 is 6.18 Å². The first-order chi connectivity index (χ1) is 11.4. The highest BCUT2D eigenvalue weighted by Crippen LogP contribution is 2.32. The second-order valence-electron chi connectivity index (χ2n) is 4.82. The molecule has 0 radical (unpaired) electrons. The number of halogens is 3. The van der Waals surface area contributed by atoms with Gasteiger partial charge in [-0.15, -0.1) is 0 Å². The molecule has 126 valence electrons. The Labute approximate surface area is 136 Å². The lowest BCUT2D eigenvalue weighted by molar-refractivity contribution is -0.141. The lowest BCUT2D eigenvalue weighted by Crippen LogP contribution is -2.19. The molecule has 1 aromatic carbocycles. The number of hydrogen-bond acceptors (Lipinski definition) is 5. The molecule has 0 spiro atoms. The topological polar surface area (TPSA) is 78.2 Å². The Kier molecular flexibility index (Phi) is 5.26. The highest BCUT2D eigenvalue weighted by atomic mass is 19.4. The van der Waals surface area contributed by atoms with Crippen LogP contribution in [-0.4, -0.2) is 23.8 Å². The van der Waals surface area contributed by atoms with Crippen molar-refractivity contribution >= 4 is 5.82 Å². The molecule has 5 nitrogen and oxygen atoms in total. The van der Waals surface area contributed by atoms with Gasteiger partial charge in [-0.2, -0.15) is 18.4 Å². The summed E-state index contributed by atoms with van der Waals surface area (Å²) in [6.07, 6.45) is -4.64. The summed E-state index contributed by atoms with van der Waals surface area (Å²) in [5.74, 6) is 0.201. The van der Waals surface area contributed by atoms with E-state index in [4.69, 9.17) is 10.00 Å². The fourth-order valence-electron chi connectivity index (χ4n) is 2.16. The van der Waals surface area contributed by atoms with Gasteiger partial charge in [-0.25, -0.2) is 4.98 Å². The standard InChI is InChI=1S/C16H14F3N3O2/c1-24-13-5-3-2-4-11(13)12(9-23)21-15-10(8-20)6-7-14(22-15)16(17,18)19/h2-7,12,23H,9H2,1H3,(H,21,22)/t12-/m0/s1. The SMILES string of the molecule is COc1ccccc1[C@H](CO)Nc1nc(C(F)(F)F)ccc1C#N. The number of nitrogens with zero attached hydrogens (tertiary/aromatic N) is 2. The molecule has 0 saturated carbocycles. The Balaban J connectivity index is 2.42. The van der Waals surface area contributed by atoms with Crippen LogP contribution in [0.2, 0.25) is 0 Å². The highest BCUT2D eigenvalue weighted by Gasteiger charge is 2.33. The van der Waals surface area contributed by atoms with E-state index in [1.165, 1.54) is 7.11 Å². The number of aliphatic hydroxyl groups is 1. The van der Waals surface area contributed by atoms with E-state index in [0.717, 1.165) is 12.1 Å². The maximum atomic E-state index is 12.8. The Hall–Kier alpha value is -2.79. The summed E-state index contributed by atoms with van der Waals surface area (Å²) in [5, 5.41) is 21.4. The molecule has 8 heteroatoms. The van der Waals surface area contributed by atoms with Crippen molar-refractivity contribution in [1.82, 2.24) is 4.98 Å². The van der Waals surface area contributed by atoms with Gasteiger partial charge in [0.2, 0.25) is 0 Å². The van der Waals surface area contributed by atoms with Crippen molar-refractivity contribution in [2.24, 2.45) is 0 Å². The monoisotopic (exact) mass is 337 g/mol. The van der Waals surface area contributed by atoms with Crippen LogP contribution in [0, 0.1) is 11.3 Å². The van der Waals surface area contributed by atoms with Crippen LogP contribution in [0.15, 0.2) is 36.4 Å². The average molecular weight is 337 g/mol. The van der Waals surface area contributed by atoms with E-state index in [9.17, 15) is 18.3 Å². The predicted molar refractivity (Wildman–Crippen MR) is 80.4 cm³/mol. The molecule has 0 aliphatic carbocycles. The molecule has 2 aromatic rings. The summed E-state index contributed by atoms with van der Waals surface area (Å²) in [4.78, 5) is 3.47. The van der Waals surface area contributed by atoms with Crippen LogP contribution in [0.4, 0.5) is 19.0 Å². The van der Waals surface area contributed by atoms with Crippen LogP contribution >= 0.6 is 0 Å². The van der Waals surface area contributed by atoms with E-state index in [1.54, 1.807) is 30.3 Å². The number of ether oxygens (including phenoxy) is 1. The predicted octanol–water partition coefficient (Wildman–Crippen LogP) is 3.13. The van der Waals surface area contributed by atoms with Crippen molar-refractivity contribution in [2.45, 2.75) is 12.2 Å². The van der Waals surface area contributed by atoms with E-state index in [2.05, 4.69) is 10.3 Å². The molecule has 24 heavy (non-hydrogen) atoms. The van der Waals surface area contributed by atoms with Gasteiger partial charge < -0.3 is 15.2 Å². The molecule has 2 rings (SSSR count). The minimum Gasteiger partial charge on any atom is -0.496 e. The van der Waals surface area contributed by atoms with Crippen LogP contribution in [0.5, 0.6) is 5.75 Å². The fourth-order valence-corrected chi connectivity index (χ4v) is 2.16. The van der Waals surface area contributed by atoms with Crippen molar-refractivity contribution < 1.29 is 23.0 Å². The maximum Gasteiger partial charge on any atom is 0.433 e. The Morgan fingerprint density at radius 3 is 2.58 bits per heavy atom. The smallest absolute Gasteiger partial charge is 0.433 e. The second-order valence-corrected chi connectivity index (χ2v) is 4.82. The van der Waals surface area contributed by atoms with Gasteiger partial charge in [-0.3, -0.25) is 0 Å². The zero-order valence-electron chi connectivity index (χ0n) is 12.6. The molecule has 2 N–H and O–H groups in total. The number of aromatic nitrogens is 1. The van der Waals surface area contributed by atoms with E-state index in [0.29, 0.717) is 11.3 Å². The number of alkyl halides is 3. The van der Waals surface area contributed by atoms with Gasteiger partial charge in [0.25, 0.3) is 0 Å². The van der Waals surface area contributed by atoms with Crippen LogP contribution < -0.4 is 10.1 Å². The number of pyridine rings is 1. The van der Waals surface area contributed by atoms with Gasteiger partial charge in [0.05, 0.1) is 25.3 Å². The van der Waals surface area contributed by atoms with E-state index >= 15 is 0 Å². The van der Waals surface area contributed by atoms with Crippen molar-refractivity contribution in [3.8, 4) is 11.8 Å². The number of rotatable bonds is 5. The first kappa shape index (κ1) is 17.6. The number of hydrogen-bond donors (Lipinski definition) is 2. The number of benzene rings is 1. The number of aliphatic hydroxyl groups excluding tert-OH is 1. The molecule has 0 aliphatic heterocycles. The summed E-state index contributed by atoms with van der Waals surface area (Å²) in [7, 11) is 1.44. The Morgan fingerprint density at radius 2 is 2.00 bits per heavy atom. The number of para-hydroxylation sites is 1. The Morgan fingerprint density at radius 1 is 1.29 bits per heavy atom. The zero-order chi connectivity index (χ0) is 17.7. The lowest BCUT2D eigenvalue weighted by Gasteiger charge is -2.21. The first-order valence-corrected chi connectivity index (χ1v) is 6.89. The van der Waals surface area contributed by atoms with Crippen LogP contribution in [0.25, 0.3) is 0 Å². The number of methoxy groups -OCH3 is 1. The van der Waals surface area contributed by atoms with Crippen molar-refractivity contribution in [2.75, 3.05) is 19.0 Å². The third kappa shape index (κ3) is 3.75. The van der Waals surface area contributed by atoms with Crippen LogP contribution in [0.3, 0.4) is 0 Å². The van der Waals surface area contributed by atoms with E-state index in [-0.39, 0.29) is 11.4 Å². The minimum atomic E-state index is -4.64. The average Bonchev–Trinajstić information content (AvgIpc) is 2.58. The number of nitriles is 1. The summed E-state index contributed by atoms with van der Waals surface area (Å²) in [5.41, 5.74) is -0.650. The number of anilines is 1. The van der Waals surface area contributed by atoms with Crippen molar-refractivity contribution in [3.63, 3.8) is 0 Å². The summed E-state index contributed by atoms with van der Waals surface area (Å²) < 4.78 is 43.6. The maximum absolute atomic E-state index is 12.8. The third-order valence-electron chi connectivity index (χ3n) is 3.31. The first-order valence-electron chi connectivity index (χ1n) is 6.89. The molecule has 0 aliphatic rings. The molecular weight excluding hydrogens is 323 g/mol. The van der Waals surface area contributed by atoms with Gasteiger partial charge in [-0.05, 0) is 18.2 Å². The molecule has 0 fully saturated rings. The van der Waals surface area contributed by atoms with E-state index < -0.39 is 24.5 Å². The quantitative estimate of drug-likeness (QED) is 0.876. The molecule has 1 heterocycles. The zero-order valence-corrected chi connectivity index (χ0v) is 12.6. The van der Waals surface area contributed by atoms with Gasteiger partial charge in [0.1, 0.15) is 23.3 Å². The normalized spacial score (nSPS) is 12.3. The molecule has 1 atom stereocenters. The van der Waals surface area contributed by atoms with Gasteiger partial charge in [0, 0.05) is 5.56 Å². The van der Waals surface area contributed by atoms with E-state index in [1.807, 2.05) is 0 Å². The molecular formula is C16H14F3N3O2. The minimum absolute atomic E-state index is 0.0589. The third-order valence-corrected chi connectivity index (χ3v) is 3.31.